The van der Waals surface area contributed by atoms with Crippen molar-refractivity contribution in [2.75, 3.05) is 12.0 Å². The van der Waals surface area contributed by atoms with Crippen LogP contribution in [0.2, 0.25) is 0 Å². The van der Waals surface area contributed by atoms with E-state index in [0.29, 0.717) is 11.5 Å². The number of fused-ring (bicyclic) bond motifs is 1. The number of carbonyl (C=O) groups excluding carboxylic acids is 1. The lowest BCUT2D eigenvalue weighted by molar-refractivity contribution is -0.118. The molecule has 144 valence electrons. The maximum atomic E-state index is 13.5. The monoisotopic (exact) mass is 380 g/mol. The first-order chi connectivity index (χ1) is 13.5. The molecule has 1 aliphatic rings. The standard InChI is InChI=1S/C22H21FN2O3/c1-14-3-4-16-11-17(23)7-10-20(16)25(14)22(26)13-18-12-21(28-24-18)15-5-8-19(27-2)9-6-15/h5-12,14H,3-4,13H2,1-2H3. The molecule has 0 saturated heterocycles. The molecule has 4 rings (SSSR count). The second-order valence-corrected chi connectivity index (χ2v) is 7.01. The summed E-state index contributed by atoms with van der Waals surface area (Å²) in [6.45, 7) is 2.01. The summed E-state index contributed by atoms with van der Waals surface area (Å²) in [6, 6.07) is 13.9. The molecule has 0 aliphatic carbocycles. The fourth-order valence-electron chi connectivity index (χ4n) is 3.63. The molecule has 0 bridgehead atoms. The van der Waals surface area contributed by atoms with Crippen LogP contribution in [-0.4, -0.2) is 24.2 Å². The number of benzene rings is 2. The Hall–Kier alpha value is -3.15. The smallest absolute Gasteiger partial charge is 0.233 e. The first-order valence-corrected chi connectivity index (χ1v) is 9.25. The minimum absolute atomic E-state index is 0.0541. The lowest BCUT2D eigenvalue weighted by atomic mass is 9.96. The van der Waals surface area contributed by atoms with Gasteiger partial charge in [0, 0.05) is 23.4 Å². The van der Waals surface area contributed by atoms with Gasteiger partial charge in [0.05, 0.1) is 19.2 Å². The van der Waals surface area contributed by atoms with Crippen LogP contribution in [0.4, 0.5) is 10.1 Å². The van der Waals surface area contributed by atoms with Crippen molar-refractivity contribution in [3.05, 3.63) is 65.6 Å². The minimum atomic E-state index is -0.277. The summed E-state index contributed by atoms with van der Waals surface area (Å²) in [5.74, 6) is 1.00. The first kappa shape index (κ1) is 18.2. The van der Waals surface area contributed by atoms with E-state index in [1.165, 1.54) is 12.1 Å². The number of ether oxygens (including phenoxy) is 1. The molecule has 0 spiro atoms. The van der Waals surface area contributed by atoms with Gasteiger partial charge in [-0.3, -0.25) is 4.79 Å². The zero-order valence-corrected chi connectivity index (χ0v) is 15.8. The van der Waals surface area contributed by atoms with Crippen LogP contribution in [0.15, 0.2) is 53.1 Å². The number of hydrogen-bond donors (Lipinski definition) is 0. The summed E-state index contributed by atoms with van der Waals surface area (Å²) in [5, 5.41) is 4.05. The van der Waals surface area contributed by atoms with E-state index in [1.54, 1.807) is 24.1 Å². The van der Waals surface area contributed by atoms with Gasteiger partial charge in [0.1, 0.15) is 11.6 Å². The minimum Gasteiger partial charge on any atom is -0.497 e. The molecule has 6 heteroatoms. The van der Waals surface area contributed by atoms with Crippen molar-refractivity contribution in [2.45, 2.75) is 32.2 Å². The van der Waals surface area contributed by atoms with Crippen molar-refractivity contribution in [2.24, 2.45) is 0 Å². The summed E-state index contributed by atoms with van der Waals surface area (Å²) < 4.78 is 24.1. The fraction of sp³-hybridized carbons (Fsp3) is 0.273. The average molecular weight is 380 g/mol. The summed E-state index contributed by atoms with van der Waals surface area (Å²) in [6.07, 6.45) is 1.70. The summed E-state index contributed by atoms with van der Waals surface area (Å²) in [4.78, 5) is 14.7. The van der Waals surface area contributed by atoms with Crippen molar-refractivity contribution >= 4 is 11.6 Å². The molecular weight excluding hydrogens is 359 g/mol. The Morgan fingerprint density at radius 1 is 1.25 bits per heavy atom. The van der Waals surface area contributed by atoms with Crippen molar-refractivity contribution < 1.29 is 18.4 Å². The molecule has 2 heterocycles. The highest BCUT2D eigenvalue weighted by Crippen LogP contribution is 2.32. The second kappa shape index (κ2) is 7.46. The number of anilines is 1. The maximum Gasteiger partial charge on any atom is 0.233 e. The van der Waals surface area contributed by atoms with Crippen LogP contribution in [0.3, 0.4) is 0 Å². The van der Waals surface area contributed by atoms with Crippen LogP contribution in [-0.2, 0) is 17.6 Å². The quantitative estimate of drug-likeness (QED) is 0.673. The normalized spacial score (nSPS) is 16.0. The summed E-state index contributed by atoms with van der Waals surface area (Å²) >= 11 is 0. The van der Waals surface area contributed by atoms with Gasteiger partial charge in [0.2, 0.25) is 5.91 Å². The van der Waals surface area contributed by atoms with Gasteiger partial charge in [0.25, 0.3) is 0 Å². The zero-order chi connectivity index (χ0) is 19.7. The van der Waals surface area contributed by atoms with E-state index >= 15 is 0 Å². The zero-order valence-electron chi connectivity index (χ0n) is 15.8. The fourth-order valence-corrected chi connectivity index (χ4v) is 3.63. The molecule has 0 radical (unpaired) electrons. The van der Waals surface area contributed by atoms with Crippen molar-refractivity contribution in [1.29, 1.82) is 0 Å². The number of carbonyl (C=O) groups is 1. The molecule has 1 aromatic heterocycles. The number of rotatable bonds is 4. The van der Waals surface area contributed by atoms with Crippen molar-refractivity contribution in [1.82, 2.24) is 5.16 Å². The van der Waals surface area contributed by atoms with Crippen LogP contribution in [0.5, 0.6) is 5.75 Å². The molecule has 28 heavy (non-hydrogen) atoms. The molecule has 0 fully saturated rings. The average Bonchev–Trinajstić information content (AvgIpc) is 3.16. The van der Waals surface area contributed by atoms with Crippen molar-refractivity contribution in [3.63, 3.8) is 0 Å². The number of amides is 1. The molecule has 1 unspecified atom stereocenters. The number of halogens is 1. The number of hydrogen-bond acceptors (Lipinski definition) is 4. The molecule has 1 aliphatic heterocycles. The van der Waals surface area contributed by atoms with Gasteiger partial charge in [0.15, 0.2) is 5.76 Å². The third kappa shape index (κ3) is 3.50. The number of nitrogens with zero attached hydrogens (tertiary/aromatic N) is 2. The van der Waals surface area contributed by atoms with Gasteiger partial charge in [-0.2, -0.15) is 0 Å². The molecule has 0 saturated carbocycles. The first-order valence-electron chi connectivity index (χ1n) is 9.25. The van der Waals surface area contributed by atoms with Crippen LogP contribution in [0, 0.1) is 5.82 Å². The van der Waals surface area contributed by atoms with E-state index in [-0.39, 0.29) is 24.2 Å². The Labute approximate surface area is 162 Å². The van der Waals surface area contributed by atoms with Crippen LogP contribution < -0.4 is 9.64 Å². The predicted molar refractivity (Wildman–Crippen MR) is 104 cm³/mol. The molecule has 1 atom stereocenters. The highest BCUT2D eigenvalue weighted by molar-refractivity contribution is 5.96. The largest absolute Gasteiger partial charge is 0.497 e. The lowest BCUT2D eigenvalue weighted by Crippen LogP contribution is -2.43. The lowest BCUT2D eigenvalue weighted by Gasteiger charge is -2.35. The van der Waals surface area contributed by atoms with E-state index in [9.17, 15) is 9.18 Å². The number of aryl methyl sites for hydroxylation is 1. The topological polar surface area (TPSA) is 55.6 Å². The van der Waals surface area contributed by atoms with E-state index in [1.807, 2.05) is 31.2 Å². The van der Waals surface area contributed by atoms with Gasteiger partial charge >= 0.3 is 0 Å². The maximum absolute atomic E-state index is 13.5. The van der Waals surface area contributed by atoms with Crippen LogP contribution >= 0.6 is 0 Å². The SMILES string of the molecule is COc1ccc(-c2cc(CC(=O)N3c4ccc(F)cc4CCC3C)no2)cc1. The number of aromatic nitrogens is 1. The molecule has 5 nitrogen and oxygen atoms in total. The van der Waals surface area contributed by atoms with Crippen LogP contribution in [0.25, 0.3) is 11.3 Å². The highest BCUT2D eigenvalue weighted by atomic mass is 19.1. The Morgan fingerprint density at radius 2 is 2.04 bits per heavy atom. The van der Waals surface area contributed by atoms with Gasteiger partial charge in [-0.15, -0.1) is 0 Å². The molecule has 0 N–H and O–H groups in total. The predicted octanol–water partition coefficient (Wildman–Crippen LogP) is 4.40. The summed E-state index contributed by atoms with van der Waals surface area (Å²) in [5.41, 5.74) is 3.07. The van der Waals surface area contributed by atoms with E-state index < -0.39 is 0 Å². The molecule has 2 aromatic carbocycles. The van der Waals surface area contributed by atoms with Gasteiger partial charge in [-0.1, -0.05) is 5.16 Å². The number of methoxy groups -OCH3 is 1. The van der Waals surface area contributed by atoms with Gasteiger partial charge in [-0.05, 0) is 67.8 Å². The Balaban J connectivity index is 1.53. The van der Waals surface area contributed by atoms with E-state index in [0.717, 1.165) is 35.4 Å². The van der Waals surface area contributed by atoms with Gasteiger partial charge in [-0.25, -0.2) is 4.39 Å². The highest BCUT2D eigenvalue weighted by Gasteiger charge is 2.29. The Morgan fingerprint density at radius 3 is 2.79 bits per heavy atom. The van der Waals surface area contributed by atoms with Crippen molar-refractivity contribution in [3.8, 4) is 17.1 Å². The second-order valence-electron chi connectivity index (χ2n) is 7.01. The van der Waals surface area contributed by atoms with Gasteiger partial charge < -0.3 is 14.2 Å². The third-order valence-corrected chi connectivity index (χ3v) is 5.11. The Kier molecular flexibility index (Phi) is 4.86. The molecule has 3 aromatic rings. The third-order valence-electron chi connectivity index (χ3n) is 5.11. The molecule has 1 amide bonds. The Bertz CT molecular complexity index is 997. The van der Waals surface area contributed by atoms with E-state index in [2.05, 4.69) is 5.16 Å². The summed E-state index contributed by atoms with van der Waals surface area (Å²) in [7, 11) is 1.61. The molecular formula is C22H21FN2O3. The van der Waals surface area contributed by atoms with Crippen LogP contribution in [0.1, 0.15) is 24.6 Å². The van der Waals surface area contributed by atoms with E-state index in [4.69, 9.17) is 9.26 Å².